The Kier molecular flexibility index (Phi) is 3.01. The molecule has 0 radical (unpaired) electrons. The number of hydrogen-bond donors (Lipinski definition) is 0. The Morgan fingerprint density at radius 3 is 2.21 bits per heavy atom. The second kappa shape index (κ2) is 4.56. The summed E-state index contributed by atoms with van der Waals surface area (Å²) in [6.07, 6.45) is 5.08. The number of allylic oxidation sites excluding steroid dienone is 2. The lowest BCUT2D eigenvalue weighted by Gasteiger charge is -2.16. The van der Waals surface area contributed by atoms with E-state index in [2.05, 4.69) is 15.9 Å². The summed E-state index contributed by atoms with van der Waals surface area (Å²) < 4.78 is 13.5. The molecule has 0 N–H and O–H groups in total. The van der Waals surface area contributed by atoms with Crippen LogP contribution in [0.5, 0.6) is 0 Å². The van der Waals surface area contributed by atoms with Crippen LogP contribution in [-0.4, -0.2) is 11.8 Å². The van der Waals surface area contributed by atoms with Crippen molar-refractivity contribution < 1.29 is 14.0 Å². The SMILES string of the molecule is O=C1[C@H]2CC=CC[C@H]2C(=O)N1c1ccc(F)cc1Br. The predicted molar refractivity (Wildman–Crippen MR) is 71.9 cm³/mol. The van der Waals surface area contributed by atoms with Gasteiger partial charge in [-0.05, 0) is 47.0 Å². The van der Waals surface area contributed by atoms with E-state index in [9.17, 15) is 14.0 Å². The van der Waals surface area contributed by atoms with Crippen molar-refractivity contribution in [2.45, 2.75) is 12.8 Å². The van der Waals surface area contributed by atoms with Gasteiger partial charge in [0, 0.05) is 4.47 Å². The lowest BCUT2D eigenvalue weighted by Crippen LogP contribution is -2.31. The van der Waals surface area contributed by atoms with Crippen molar-refractivity contribution in [3.63, 3.8) is 0 Å². The number of hydrogen-bond acceptors (Lipinski definition) is 2. The first-order valence-corrected chi connectivity index (χ1v) is 6.87. The molecule has 1 fully saturated rings. The van der Waals surface area contributed by atoms with Gasteiger partial charge in [-0.1, -0.05) is 12.2 Å². The fourth-order valence-corrected chi connectivity index (χ4v) is 3.23. The molecule has 1 saturated heterocycles. The summed E-state index contributed by atoms with van der Waals surface area (Å²) in [5.74, 6) is -1.32. The van der Waals surface area contributed by atoms with Gasteiger partial charge in [-0.3, -0.25) is 9.59 Å². The van der Waals surface area contributed by atoms with E-state index < -0.39 is 5.82 Å². The lowest BCUT2D eigenvalue weighted by molar-refractivity contribution is -0.122. The summed E-state index contributed by atoms with van der Waals surface area (Å²) in [4.78, 5) is 25.9. The maximum absolute atomic E-state index is 13.1. The molecular formula is C14H11BrFNO2. The van der Waals surface area contributed by atoms with Gasteiger partial charge in [0.1, 0.15) is 5.82 Å². The summed E-state index contributed by atoms with van der Waals surface area (Å²) in [7, 11) is 0. The third-order valence-electron chi connectivity index (χ3n) is 3.66. The van der Waals surface area contributed by atoms with Gasteiger partial charge in [0.05, 0.1) is 17.5 Å². The van der Waals surface area contributed by atoms with Crippen molar-refractivity contribution in [2.75, 3.05) is 4.90 Å². The minimum atomic E-state index is -0.409. The molecule has 0 saturated carbocycles. The number of nitrogens with zero attached hydrogens (tertiary/aromatic N) is 1. The number of anilines is 1. The van der Waals surface area contributed by atoms with Crippen LogP contribution in [0.1, 0.15) is 12.8 Å². The maximum Gasteiger partial charge on any atom is 0.238 e. The van der Waals surface area contributed by atoms with E-state index in [0.29, 0.717) is 23.0 Å². The van der Waals surface area contributed by atoms with Crippen LogP contribution in [0.25, 0.3) is 0 Å². The van der Waals surface area contributed by atoms with Crippen molar-refractivity contribution in [2.24, 2.45) is 11.8 Å². The van der Waals surface area contributed by atoms with Gasteiger partial charge in [0.25, 0.3) is 0 Å². The number of fused-ring (bicyclic) bond motifs is 1. The van der Waals surface area contributed by atoms with Crippen LogP contribution >= 0.6 is 15.9 Å². The van der Waals surface area contributed by atoms with Crippen LogP contribution in [0.4, 0.5) is 10.1 Å². The van der Waals surface area contributed by atoms with Crippen LogP contribution in [-0.2, 0) is 9.59 Å². The minimum absolute atomic E-state index is 0.188. The Morgan fingerprint density at radius 1 is 1.11 bits per heavy atom. The zero-order valence-electron chi connectivity index (χ0n) is 9.98. The summed E-state index contributed by atoms with van der Waals surface area (Å²) in [5.41, 5.74) is 0.422. The maximum atomic E-state index is 13.1. The smallest absolute Gasteiger partial charge is 0.238 e. The third-order valence-corrected chi connectivity index (χ3v) is 4.29. The molecule has 1 aliphatic carbocycles. The molecule has 1 aromatic carbocycles. The Hall–Kier alpha value is -1.49. The molecule has 2 atom stereocenters. The van der Waals surface area contributed by atoms with Crippen LogP contribution in [0.2, 0.25) is 0 Å². The number of rotatable bonds is 1. The average Bonchev–Trinajstić information content (AvgIpc) is 2.64. The van der Waals surface area contributed by atoms with E-state index in [1.165, 1.54) is 23.1 Å². The highest BCUT2D eigenvalue weighted by atomic mass is 79.9. The first kappa shape index (κ1) is 12.5. The third kappa shape index (κ3) is 1.92. The van der Waals surface area contributed by atoms with Crippen molar-refractivity contribution in [1.29, 1.82) is 0 Å². The molecule has 0 unspecified atom stereocenters. The summed E-state index contributed by atoms with van der Waals surface area (Å²) in [6, 6.07) is 3.97. The summed E-state index contributed by atoms with van der Waals surface area (Å²) in [5, 5.41) is 0. The number of carbonyl (C=O) groups is 2. The number of amides is 2. The van der Waals surface area contributed by atoms with E-state index >= 15 is 0 Å². The van der Waals surface area contributed by atoms with Crippen molar-refractivity contribution >= 4 is 33.4 Å². The molecular weight excluding hydrogens is 313 g/mol. The number of imide groups is 1. The monoisotopic (exact) mass is 323 g/mol. The topological polar surface area (TPSA) is 37.4 Å². The average molecular weight is 324 g/mol. The largest absolute Gasteiger partial charge is 0.274 e. The van der Waals surface area contributed by atoms with Gasteiger partial charge in [0.15, 0.2) is 0 Å². The van der Waals surface area contributed by atoms with E-state index in [4.69, 9.17) is 0 Å². The summed E-state index contributed by atoms with van der Waals surface area (Å²) in [6.45, 7) is 0. The fraction of sp³-hybridized carbons (Fsp3) is 0.286. The second-order valence-electron chi connectivity index (χ2n) is 4.76. The number of benzene rings is 1. The van der Waals surface area contributed by atoms with Crippen LogP contribution < -0.4 is 4.90 Å². The molecule has 0 spiro atoms. The zero-order chi connectivity index (χ0) is 13.6. The van der Waals surface area contributed by atoms with Crippen LogP contribution in [0, 0.1) is 17.7 Å². The van der Waals surface area contributed by atoms with E-state index in [-0.39, 0.29) is 23.7 Å². The molecule has 1 aromatic rings. The molecule has 2 amide bonds. The minimum Gasteiger partial charge on any atom is -0.274 e. The van der Waals surface area contributed by atoms with Crippen LogP contribution in [0.15, 0.2) is 34.8 Å². The molecule has 19 heavy (non-hydrogen) atoms. The molecule has 3 nitrogen and oxygen atoms in total. The highest BCUT2D eigenvalue weighted by Crippen LogP contribution is 2.39. The van der Waals surface area contributed by atoms with Crippen molar-refractivity contribution in [3.05, 3.63) is 40.6 Å². The first-order valence-electron chi connectivity index (χ1n) is 6.07. The van der Waals surface area contributed by atoms with E-state index in [1.807, 2.05) is 12.2 Å². The quantitative estimate of drug-likeness (QED) is 0.588. The van der Waals surface area contributed by atoms with Gasteiger partial charge in [-0.2, -0.15) is 0 Å². The van der Waals surface area contributed by atoms with Crippen LogP contribution in [0.3, 0.4) is 0 Å². The zero-order valence-corrected chi connectivity index (χ0v) is 11.6. The van der Waals surface area contributed by atoms with E-state index in [1.54, 1.807) is 0 Å². The highest BCUT2D eigenvalue weighted by Gasteiger charge is 2.48. The molecule has 1 aliphatic heterocycles. The highest BCUT2D eigenvalue weighted by molar-refractivity contribution is 9.10. The molecule has 98 valence electrons. The first-order chi connectivity index (χ1) is 9.09. The van der Waals surface area contributed by atoms with Crippen molar-refractivity contribution in [1.82, 2.24) is 0 Å². The second-order valence-corrected chi connectivity index (χ2v) is 5.62. The Balaban J connectivity index is 2.02. The van der Waals surface area contributed by atoms with E-state index in [0.717, 1.165) is 0 Å². The van der Waals surface area contributed by atoms with Gasteiger partial charge < -0.3 is 0 Å². The van der Waals surface area contributed by atoms with Crippen molar-refractivity contribution in [3.8, 4) is 0 Å². The Labute approximate surface area is 118 Å². The van der Waals surface area contributed by atoms with Gasteiger partial charge in [0.2, 0.25) is 11.8 Å². The summed E-state index contributed by atoms with van der Waals surface area (Å²) >= 11 is 3.21. The normalized spacial score (nSPS) is 25.9. The molecule has 0 bridgehead atoms. The Bertz CT molecular complexity index is 573. The Morgan fingerprint density at radius 2 is 1.68 bits per heavy atom. The molecule has 1 heterocycles. The number of halogens is 2. The van der Waals surface area contributed by atoms with Gasteiger partial charge in [-0.25, -0.2) is 9.29 Å². The molecule has 5 heteroatoms. The predicted octanol–water partition coefficient (Wildman–Crippen LogP) is 3.04. The standard InChI is InChI=1S/C14H11BrFNO2/c15-11-7-8(16)5-6-12(11)17-13(18)9-3-1-2-4-10(9)14(17)19/h1-2,5-7,9-10H,3-4H2/t9-,10+. The van der Waals surface area contributed by atoms with Gasteiger partial charge >= 0.3 is 0 Å². The molecule has 2 aliphatic rings. The molecule has 3 rings (SSSR count). The number of carbonyl (C=O) groups excluding carboxylic acids is 2. The molecule has 0 aromatic heterocycles. The van der Waals surface area contributed by atoms with Gasteiger partial charge in [-0.15, -0.1) is 0 Å². The fourth-order valence-electron chi connectivity index (χ4n) is 2.70. The lowest BCUT2D eigenvalue weighted by atomic mass is 9.85.